The molecule has 2 aromatic rings. The van der Waals surface area contributed by atoms with E-state index in [9.17, 15) is 10.1 Å². The van der Waals surface area contributed by atoms with E-state index in [1.54, 1.807) is 6.08 Å². The van der Waals surface area contributed by atoms with Gasteiger partial charge in [-0.1, -0.05) is 29.4 Å². The molecule has 0 spiro atoms. The molecule has 0 radical (unpaired) electrons. The predicted molar refractivity (Wildman–Crippen MR) is 86.8 cm³/mol. The van der Waals surface area contributed by atoms with E-state index in [4.69, 9.17) is 4.84 Å². The maximum Gasteiger partial charge on any atom is 0.333 e. The lowest BCUT2D eigenvalue weighted by Gasteiger charge is -2.08. The number of pyridine rings is 1. The van der Waals surface area contributed by atoms with Gasteiger partial charge in [-0.25, -0.2) is 9.98 Å². The molecule has 24 heavy (non-hydrogen) atoms. The third-order valence-electron chi connectivity index (χ3n) is 3.61. The second-order valence-corrected chi connectivity index (χ2v) is 5.07. The smallest absolute Gasteiger partial charge is 0.328 e. The van der Waals surface area contributed by atoms with Crippen molar-refractivity contribution in [3.8, 4) is 5.88 Å². The topological polar surface area (TPSA) is 90.0 Å². The third-order valence-corrected chi connectivity index (χ3v) is 3.61. The lowest BCUT2D eigenvalue weighted by atomic mass is 10.0. The van der Waals surface area contributed by atoms with Gasteiger partial charge in [0.25, 0.3) is 0 Å². The average molecular weight is 318 g/mol. The molecular formula is C17H10N4O3. The van der Waals surface area contributed by atoms with Crippen molar-refractivity contribution in [2.45, 2.75) is 0 Å². The largest absolute Gasteiger partial charge is 0.333 e. The van der Waals surface area contributed by atoms with Crippen LogP contribution in [0.2, 0.25) is 0 Å². The first-order valence-corrected chi connectivity index (χ1v) is 7.15. The Balaban J connectivity index is 1.78. The van der Waals surface area contributed by atoms with Gasteiger partial charge in [-0.2, -0.15) is 0 Å². The summed E-state index contributed by atoms with van der Waals surface area (Å²) in [6.45, 7) is 0. The van der Waals surface area contributed by atoms with Crippen molar-refractivity contribution in [3.63, 3.8) is 0 Å². The number of hydrogen-bond acceptors (Lipinski definition) is 6. The van der Waals surface area contributed by atoms with E-state index < -0.39 is 4.92 Å². The Morgan fingerprint density at radius 3 is 2.92 bits per heavy atom. The summed E-state index contributed by atoms with van der Waals surface area (Å²) in [4.78, 5) is 24.1. The van der Waals surface area contributed by atoms with Crippen molar-refractivity contribution < 1.29 is 9.76 Å². The Hall–Kier alpha value is -3.61. The highest BCUT2D eigenvalue weighted by atomic mass is 16.7. The van der Waals surface area contributed by atoms with E-state index in [-0.39, 0.29) is 11.6 Å². The first-order valence-electron chi connectivity index (χ1n) is 7.15. The highest BCUT2D eigenvalue weighted by Crippen LogP contribution is 2.25. The minimum absolute atomic E-state index is 0.150. The second-order valence-electron chi connectivity index (χ2n) is 5.07. The Kier molecular flexibility index (Phi) is 3.24. The summed E-state index contributed by atoms with van der Waals surface area (Å²) in [5.41, 5.74) is 1.93. The minimum Gasteiger partial charge on any atom is -0.328 e. The van der Waals surface area contributed by atoms with Gasteiger partial charge in [0.15, 0.2) is 0 Å². The summed E-state index contributed by atoms with van der Waals surface area (Å²) in [7, 11) is 0. The van der Waals surface area contributed by atoms with Crippen LogP contribution in [0.1, 0.15) is 0 Å². The maximum atomic E-state index is 11.0. The van der Waals surface area contributed by atoms with Crippen LogP contribution in [0.25, 0.3) is 5.57 Å². The quantitative estimate of drug-likeness (QED) is 0.636. The number of benzene rings is 1. The molecule has 1 aromatic carbocycles. The molecule has 0 fully saturated rings. The van der Waals surface area contributed by atoms with E-state index in [0.717, 1.165) is 21.8 Å². The van der Waals surface area contributed by atoms with E-state index in [1.807, 2.05) is 36.4 Å². The monoisotopic (exact) mass is 318 g/mol. The maximum absolute atomic E-state index is 11.0. The van der Waals surface area contributed by atoms with Crippen LogP contribution in [-0.2, 0) is 0 Å². The number of allylic oxidation sites excluding steroid dienone is 4. The van der Waals surface area contributed by atoms with Crippen LogP contribution in [-0.4, -0.2) is 15.6 Å². The van der Waals surface area contributed by atoms with Gasteiger partial charge in [0.1, 0.15) is 5.71 Å². The number of para-hydroxylation sites is 1. The van der Waals surface area contributed by atoms with Crippen molar-refractivity contribution in [1.29, 1.82) is 0 Å². The van der Waals surface area contributed by atoms with Crippen LogP contribution in [0.5, 0.6) is 5.88 Å². The zero-order chi connectivity index (χ0) is 16.5. The summed E-state index contributed by atoms with van der Waals surface area (Å²) in [6, 6.07) is 10.5. The predicted octanol–water partition coefficient (Wildman–Crippen LogP) is 1.66. The van der Waals surface area contributed by atoms with Crippen LogP contribution >= 0.6 is 0 Å². The number of oxime groups is 1. The molecule has 1 aliphatic heterocycles. The molecule has 0 saturated heterocycles. The molecule has 0 N–H and O–H groups in total. The fraction of sp³-hybridized carbons (Fsp3) is 0. The molecule has 1 aromatic heterocycles. The van der Waals surface area contributed by atoms with Crippen molar-refractivity contribution in [2.75, 3.05) is 0 Å². The summed E-state index contributed by atoms with van der Waals surface area (Å²) in [6.07, 6.45) is 6.88. The molecule has 7 nitrogen and oxygen atoms in total. The summed E-state index contributed by atoms with van der Waals surface area (Å²) in [5.74, 6) is -0.150. The molecule has 0 saturated carbocycles. The number of fused-ring (bicyclic) bond motifs is 2. The standard InChI is InChI=1S/C17H10N4O3/c22-21(23)15-9-4-10-18-17(15)24-20-14-8-3-7-13-16(14)11-5-1-2-6-12(11)19-13/h1-10H. The van der Waals surface area contributed by atoms with Gasteiger partial charge in [0.2, 0.25) is 0 Å². The molecule has 0 unspecified atom stereocenters. The summed E-state index contributed by atoms with van der Waals surface area (Å²) in [5, 5.41) is 16.9. The van der Waals surface area contributed by atoms with E-state index in [2.05, 4.69) is 15.1 Å². The molecule has 2 aliphatic rings. The number of nitro groups is 1. The first kappa shape index (κ1) is 14.0. The van der Waals surface area contributed by atoms with Gasteiger partial charge in [0, 0.05) is 23.1 Å². The molecule has 0 amide bonds. The SMILES string of the molecule is O=[N+]([O-])c1cccnc1ON=C1C=CC=C2N=c3ccccc3=C21. The fourth-order valence-corrected chi connectivity index (χ4v) is 2.57. The summed E-state index contributed by atoms with van der Waals surface area (Å²) >= 11 is 0. The normalized spacial score (nSPS) is 16.2. The van der Waals surface area contributed by atoms with Crippen molar-refractivity contribution in [1.82, 2.24) is 4.98 Å². The van der Waals surface area contributed by atoms with Crippen molar-refractivity contribution >= 4 is 17.0 Å². The Morgan fingerprint density at radius 1 is 1.17 bits per heavy atom. The molecule has 4 rings (SSSR count). The molecule has 0 atom stereocenters. The minimum atomic E-state index is -0.558. The van der Waals surface area contributed by atoms with Crippen LogP contribution in [0.15, 0.2) is 76.7 Å². The zero-order valence-electron chi connectivity index (χ0n) is 12.3. The number of hydrogen-bond donors (Lipinski definition) is 0. The Bertz CT molecular complexity index is 1070. The molecule has 116 valence electrons. The number of rotatable bonds is 3. The van der Waals surface area contributed by atoms with E-state index >= 15 is 0 Å². The van der Waals surface area contributed by atoms with Crippen LogP contribution in [0.3, 0.4) is 0 Å². The molecule has 7 heteroatoms. The molecule has 2 heterocycles. The van der Waals surface area contributed by atoms with Crippen molar-refractivity contribution in [3.05, 3.63) is 87.2 Å². The molecule has 0 bridgehead atoms. The fourth-order valence-electron chi connectivity index (χ4n) is 2.57. The van der Waals surface area contributed by atoms with Crippen LogP contribution in [0.4, 0.5) is 5.69 Å². The van der Waals surface area contributed by atoms with Gasteiger partial charge in [-0.05, 0) is 24.3 Å². The van der Waals surface area contributed by atoms with Crippen molar-refractivity contribution in [2.24, 2.45) is 10.1 Å². The van der Waals surface area contributed by atoms with E-state index in [0.29, 0.717) is 5.71 Å². The van der Waals surface area contributed by atoms with Gasteiger partial charge in [-0.3, -0.25) is 10.1 Å². The molecule has 1 aliphatic carbocycles. The highest BCUT2D eigenvalue weighted by Gasteiger charge is 2.21. The molecular weight excluding hydrogens is 308 g/mol. The highest BCUT2D eigenvalue weighted by molar-refractivity contribution is 6.30. The summed E-state index contributed by atoms with van der Waals surface area (Å²) < 4.78 is 0. The Labute approximate surface area is 135 Å². The van der Waals surface area contributed by atoms with Gasteiger partial charge >= 0.3 is 11.6 Å². The van der Waals surface area contributed by atoms with Crippen LogP contribution < -0.4 is 15.4 Å². The second kappa shape index (κ2) is 5.54. The average Bonchev–Trinajstić information content (AvgIpc) is 2.99. The number of nitrogens with zero attached hydrogens (tertiary/aromatic N) is 4. The third kappa shape index (κ3) is 2.28. The zero-order valence-corrected chi connectivity index (χ0v) is 12.3. The van der Waals surface area contributed by atoms with Gasteiger partial charge < -0.3 is 4.84 Å². The first-order chi connectivity index (χ1) is 11.7. The van der Waals surface area contributed by atoms with Gasteiger partial charge in [0.05, 0.1) is 16.0 Å². The van der Waals surface area contributed by atoms with Gasteiger partial charge in [-0.15, -0.1) is 0 Å². The Morgan fingerprint density at radius 2 is 2.04 bits per heavy atom. The number of aromatic nitrogens is 1. The van der Waals surface area contributed by atoms with E-state index in [1.165, 1.54) is 18.3 Å². The van der Waals surface area contributed by atoms with Crippen LogP contribution in [0, 0.1) is 10.1 Å². The lowest BCUT2D eigenvalue weighted by Crippen LogP contribution is -2.24. The lowest BCUT2D eigenvalue weighted by molar-refractivity contribution is -0.386.